The monoisotopic (exact) mass is 314 g/mol. The number of halogens is 1. The molecule has 2 nitrogen and oxygen atoms in total. The molecule has 22 heavy (non-hydrogen) atoms. The summed E-state index contributed by atoms with van der Waals surface area (Å²) in [5, 5.41) is 0.800. The van der Waals surface area contributed by atoms with Crippen LogP contribution < -0.4 is 5.73 Å². The molecule has 1 aliphatic rings. The van der Waals surface area contributed by atoms with Gasteiger partial charge in [-0.05, 0) is 49.2 Å². The first-order valence-electron chi connectivity index (χ1n) is 7.94. The van der Waals surface area contributed by atoms with Crippen LogP contribution >= 0.6 is 11.6 Å². The van der Waals surface area contributed by atoms with Crippen molar-refractivity contribution in [2.24, 2.45) is 5.73 Å². The summed E-state index contributed by atoms with van der Waals surface area (Å²) in [5.41, 5.74) is 9.02. The van der Waals surface area contributed by atoms with E-state index in [4.69, 9.17) is 17.3 Å². The number of rotatable bonds is 4. The third-order valence-corrected chi connectivity index (χ3v) is 5.16. The van der Waals surface area contributed by atoms with Crippen LogP contribution in [0.2, 0.25) is 5.02 Å². The van der Waals surface area contributed by atoms with Gasteiger partial charge in [0.1, 0.15) is 0 Å². The van der Waals surface area contributed by atoms with Crippen LogP contribution in [-0.2, 0) is 12.0 Å². The molecule has 2 aromatic rings. The SMILES string of the molecule is NCC1(c2ccccc2)CCN(Cc2ccc(Cl)cc2)CC1. The molecule has 0 bridgehead atoms. The second kappa shape index (κ2) is 6.82. The van der Waals surface area contributed by atoms with Gasteiger partial charge >= 0.3 is 0 Å². The summed E-state index contributed by atoms with van der Waals surface area (Å²) in [6.45, 7) is 3.90. The van der Waals surface area contributed by atoms with Gasteiger partial charge < -0.3 is 5.73 Å². The molecule has 1 heterocycles. The Morgan fingerprint density at radius 3 is 2.18 bits per heavy atom. The Kier molecular flexibility index (Phi) is 4.82. The minimum absolute atomic E-state index is 0.151. The van der Waals surface area contributed by atoms with E-state index < -0.39 is 0 Å². The fourth-order valence-corrected chi connectivity index (χ4v) is 3.52. The number of piperidine rings is 1. The van der Waals surface area contributed by atoms with Gasteiger partial charge in [-0.2, -0.15) is 0 Å². The molecule has 3 heteroatoms. The first kappa shape index (κ1) is 15.5. The number of nitrogens with zero attached hydrogens (tertiary/aromatic N) is 1. The lowest BCUT2D eigenvalue weighted by Gasteiger charge is -2.41. The van der Waals surface area contributed by atoms with Gasteiger partial charge in [-0.1, -0.05) is 54.1 Å². The van der Waals surface area contributed by atoms with E-state index in [1.807, 2.05) is 12.1 Å². The van der Waals surface area contributed by atoms with Crippen molar-refractivity contribution in [1.29, 1.82) is 0 Å². The van der Waals surface area contributed by atoms with Crippen molar-refractivity contribution in [1.82, 2.24) is 4.90 Å². The maximum absolute atomic E-state index is 6.15. The fraction of sp³-hybridized carbons (Fsp3) is 0.368. The van der Waals surface area contributed by atoms with Crippen LogP contribution in [-0.4, -0.2) is 24.5 Å². The molecule has 0 radical (unpaired) electrons. The van der Waals surface area contributed by atoms with Gasteiger partial charge in [0, 0.05) is 23.5 Å². The van der Waals surface area contributed by atoms with E-state index in [-0.39, 0.29) is 5.41 Å². The molecule has 0 spiro atoms. The van der Waals surface area contributed by atoms with E-state index in [1.54, 1.807) is 0 Å². The predicted molar refractivity (Wildman–Crippen MR) is 93.1 cm³/mol. The lowest BCUT2D eigenvalue weighted by Crippen LogP contribution is -2.46. The van der Waals surface area contributed by atoms with Crippen LogP contribution in [0.1, 0.15) is 24.0 Å². The molecule has 0 unspecified atom stereocenters. The van der Waals surface area contributed by atoms with E-state index in [2.05, 4.69) is 47.4 Å². The van der Waals surface area contributed by atoms with Gasteiger partial charge in [0.15, 0.2) is 0 Å². The first-order chi connectivity index (χ1) is 10.7. The van der Waals surface area contributed by atoms with E-state index in [0.29, 0.717) is 0 Å². The van der Waals surface area contributed by atoms with Crippen molar-refractivity contribution in [2.45, 2.75) is 24.8 Å². The van der Waals surface area contributed by atoms with Crippen LogP contribution in [0.4, 0.5) is 0 Å². The largest absolute Gasteiger partial charge is 0.330 e. The molecule has 2 N–H and O–H groups in total. The third-order valence-electron chi connectivity index (χ3n) is 4.91. The molecular weight excluding hydrogens is 292 g/mol. The van der Waals surface area contributed by atoms with E-state index in [9.17, 15) is 0 Å². The highest BCUT2D eigenvalue weighted by atomic mass is 35.5. The fourth-order valence-electron chi connectivity index (χ4n) is 3.39. The van der Waals surface area contributed by atoms with Crippen molar-refractivity contribution >= 4 is 11.6 Å². The summed E-state index contributed by atoms with van der Waals surface area (Å²) >= 11 is 5.95. The normalized spacial score (nSPS) is 18.3. The standard InChI is InChI=1S/C19H23ClN2/c20-18-8-6-16(7-9-18)14-22-12-10-19(15-21,11-13-22)17-4-2-1-3-5-17/h1-9H,10-15,21H2. The summed E-state index contributed by atoms with van der Waals surface area (Å²) in [7, 11) is 0. The molecule has 1 aliphatic heterocycles. The molecule has 0 atom stereocenters. The van der Waals surface area contributed by atoms with Gasteiger partial charge in [-0.25, -0.2) is 0 Å². The molecular formula is C19H23ClN2. The molecule has 0 aromatic heterocycles. The Bertz CT molecular complexity index is 587. The second-order valence-electron chi connectivity index (χ2n) is 6.25. The highest BCUT2D eigenvalue weighted by Gasteiger charge is 2.34. The Morgan fingerprint density at radius 1 is 0.955 bits per heavy atom. The summed E-state index contributed by atoms with van der Waals surface area (Å²) in [5.74, 6) is 0. The highest BCUT2D eigenvalue weighted by molar-refractivity contribution is 6.30. The third kappa shape index (κ3) is 3.35. The average molecular weight is 315 g/mol. The maximum Gasteiger partial charge on any atom is 0.0406 e. The molecule has 3 rings (SSSR count). The maximum atomic E-state index is 6.15. The highest BCUT2D eigenvalue weighted by Crippen LogP contribution is 2.34. The van der Waals surface area contributed by atoms with Crippen LogP contribution in [0.15, 0.2) is 54.6 Å². The van der Waals surface area contributed by atoms with Crippen LogP contribution in [0, 0.1) is 0 Å². The van der Waals surface area contributed by atoms with Gasteiger partial charge in [-0.3, -0.25) is 4.90 Å². The van der Waals surface area contributed by atoms with E-state index in [0.717, 1.165) is 44.0 Å². The van der Waals surface area contributed by atoms with E-state index in [1.165, 1.54) is 11.1 Å². The molecule has 0 amide bonds. The Morgan fingerprint density at radius 2 is 1.59 bits per heavy atom. The van der Waals surface area contributed by atoms with Crippen molar-refractivity contribution in [2.75, 3.05) is 19.6 Å². The smallest absolute Gasteiger partial charge is 0.0406 e. The molecule has 0 aliphatic carbocycles. The number of hydrogen-bond acceptors (Lipinski definition) is 2. The van der Waals surface area contributed by atoms with Crippen molar-refractivity contribution in [3.63, 3.8) is 0 Å². The number of hydrogen-bond donors (Lipinski definition) is 1. The number of benzene rings is 2. The van der Waals surface area contributed by atoms with Gasteiger partial charge in [0.05, 0.1) is 0 Å². The Labute approximate surface area is 137 Å². The molecule has 1 saturated heterocycles. The Hall–Kier alpha value is -1.35. The summed E-state index contributed by atoms with van der Waals surface area (Å²) in [6.07, 6.45) is 2.25. The number of nitrogens with two attached hydrogens (primary N) is 1. The van der Waals surface area contributed by atoms with Crippen molar-refractivity contribution in [3.8, 4) is 0 Å². The van der Waals surface area contributed by atoms with E-state index >= 15 is 0 Å². The second-order valence-corrected chi connectivity index (χ2v) is 6.69. The van der Waals surface area contributed by atoms with Crippen LogP contribution in [0.25, 0.3) is 0 Å². The van der Waals surface area contributed by atoms with Gasteiger partial charge in [0.25, 0.3) is 0 Å². The van der Waals surface area contributed by atoms with Gasteiger partial charge in [-0.15, -0.1) is 0 Å². The Balaban J connectivity index is 1.65. The predicted octanol–water partition coefficient (Wildman–Crippen LogP) is 3.83. The average Bonchev–Trinajstić information content (AvgIpc) is 2.59. The topological polar surface area (TPSA) is 29.3 Å². The zero-order valence-electron chi connectivity index (χ0n) is 12.8. The molecule has 2 aromatic carbocycles. The summed E-state index contributed by atoms with van der Waals surface area (Å²) < 4.78 is 0. The minimum Gasteiger partial charge on any atom is -0.330 e. The molecule has 116 valence electrons. The zero-order valence-corrected chi connectivity index (χ0v) is 13.6. The lowest BCUT2D eigenvalue weighted by molar-refractivity contribution is 0.156. The summed E-state index contributed by atoms with van der Waals surface area (Å²) in [6, 6.07) is 18.9. The quantitative estimate of drug-likeness (QED) is 0.929. The van der Waals surface area contributed by atoms with Crippen molar-refractivity contribution in [3.05, 3.63) is 70.7 Å². The molecule has 0 saturated carbocycles. The van der Waals surface area contributed by atoms with Crippen LogP contribution in [0.3, 0.4) is 0 Å². The number of likely N-dealkylation sites (tertiary alicyclic amines) is 1. The van der Waals surface area contributed by atoms with Crippen molar-refractivity contribution < 1.29 is 0 Å². The lowest BCUT2D eigenvalue weighted by atomic mass is 9.73. The zero-order chi connectivity index (χ0) is 15.4. The minimum atomic E-state index is 0.151. The first-order valence-corrected chi connectivity index (χ1v) is 8.32. The molecule has 1 fully saturated rings. The summed E-state index contributed by atoms with van der Waals surface area (Å²) in [4.78, 5) is 2.51. The van der Waals surface area contributed by atoms with Gasteiger partial charge in [0.2, 0.25) is 0 Å². The van der Waals surface area contributed by atoms with Crippen LogP contribution in [0.5, 0.6) is 0 Å².